The van der Waals surface area contributed by atoms with E-state index in [0.717, 1.165) is 0 Å². The van der Waals surface area contributed by atoms with Crippen LogP contribution in [0, 0.1) is 13.8 Å². The number of hydrogen-bond acceptors (Lipinski definition) is 2. The lowest BCUT2D eigenvalue weighted by Crippen LogP contribution is -2.26. The molecule has 7 rings (SSSR count). The lowest BCUT2D eigenvalue weighted by Gasteiger charge is -2.35. The molecule has 0 saturated carbocycles. The number of unbranched alkanes of at least 4 members (excludes halogenated alkanes) is 10. The monoisotopic (exact) mass is 921 g/mol. The molecule has 0 radical (unpaired) electrons. The number of aryl methyl sites for hydroxylation is 2. The Labute approximate surface area is 421 Å². The van der Waals surface area contributed by atoms with E-state index in [9.17, 15) is 0 Å². The van der Waals surface area contributed by atoms with Crippen LogP contribution in [-0.4, -0.2) is 0 Å². The van der Waals surface area contributed by atoms with Crippen LogP contribution in [0.4, 0.5) is 34.1 Å². The van der Waals surface area contributed by atoms with Crippen LogP contribution in [0.25, 0.3) is 11.1 Å². The molecule has 2 nitrogen and oxygen atoms in total. The molecule has 0 fully saturated rings. The average Bonchev–Trinajstić information content (AvgIpc) is 3.60. The summed E-state index contributed by atoms with van der Waals surface area (Å²) in [5.74, 6) is 0. The SMILES string of the molecule is CCCCCCCCC1(CCCCCCCC)c2cc(N(c3ccc(C)cc3)c3ccc(C(C)(C)CCC)cc3)ccc2-c2ccc(N(c3ccc(C)cc3)c3ccc(C(C)(C)CCC)cc3)cc21. The van der Waals surface area contributed by atoms with Crippen molar-refractivity contribution in [3.05, 3.63) is 167 Å². The molecule has 0 aromatic heterocycles. The zero-order chi connectivity index (χ0) is 49.0. The Bertz CT molecular complexity index is 2330. The minimum atomic E-state index is -0.105. The first-order chi connectivity index (χ1) is 33.4. The van der Waals surface area contributed by atoms with Gasteiger partial charge in [-0.2, -0.15) is 0 Å². The Morgan fingerprint density at radius 2 is 0.652 bits per heavy atom. The molecule has 69 heavy (non-hydrogen) atoms. The van der Waals surface area contributed by atoms with Gasteiger partial charge in [0.05, 0.1) is 0 Å². The molecule has 0 amide bonds. The molecule has 0 unspecified atom stereocenters. The average molecular weight is 921 g/mol. The first-order valence-corrected chi connectivity index (χ1v) is 27.6. The number of rotatable bonds is 26. The third-order valence-corrected chi connectivity index (χ3v) is 15.9. The van der Waals surface area contributed by atoms with Crippen molar-refractivity contribution in [2.75, 3.05) is 9.80 Å². The van der Waals surface area contributed by atoms with Gasteiger partial charge in [0.2, 0.25) is 0 Å². The Hall–Kier alpha value is -5.08. The molecule has 0 saturated heterocycles. The minimum Gasteiger partial charge on any atom is -0.310 e. The molecular weight excluding hydrogens is 833 g/mol. The van der Waals surface area contributed by atoms with Crippen LogP contribution in [-0.2, 0) is 16.2 Å². The summed E-state index contributed by atoms with van der Waals surface area (Å²) < 4.78 is 0. The van der Waals surface area contributed by atoms with Crippen LogP contribution in [0.2, 0.25) is 0 Å². The fourth-order valence-corrected chi connectivity index (χ4v) is 11.8. The van der Waals surface area contributed by atoms with Gasteiger partial charge in [0.1, 0.15) is 0 Å². The maximum Gasteiger partial charge on any atom is 0.0465 e. The summed E-state index contributed by atoms with van der Waals surface area (Å²) in [6.07, 6.45) is 22.6. The highest BCUT2D eigenvalue weighted by atomic mass is 15.1. The number of hydrogen-bond donors (Lipinski definition) is 0. The van der Waals surface area contributed by atoms with E-state index in [2.05, 4.69) is 212 Å². The number of anilines is 6. The summed E-state index contributed by atoms with van der Waals surface area (Å²) in [4.78, 5) is 5.05. The van der Waals surface area contributed by atoms with Crippen LogP contribution < -0.4 is 9.80 Å². The van der Waals surface area contributed by atoms with Gasteiger partial charge in [-0.25, -0.2) is 0 Å². The standard InChI is InChI=1S/C67H88N2/c1-11-15-17-19-21-23-47-67(48-24-22-20-18-16-12-2)63-49-59(68(55-33-25-51(5)26-34-55)57-37-29-53(30-38-57)65(7,8)45-13-3)41-43-61(63)62-44-42-60(50-64(62)67)69(56-35-27-52(6)28-36-56)58-39-31-54(32-40-58)66(9,10)46-14-4/h25-44,49-50H,11-24,45-48H2,1-10H3. The van der Waals surface area contributed by atoms with E-state index < -0.39 is 0 Å². The molecule has 0 heterocycles. The molecule has 2 heteroatoms. The van der Waals surface area contributed by atoms with Crippen LogP contribution in [0.5, 0.6) is 0 Å². The second-order valence-electron chi connectivity index (χ2n) is 22.3. The van der Waals surface area contributed by atoms with E-state index in [-0.39, 0.29) is 16.2 Å². The smallest absolute Gasteiger partial charge is 0.0465 e. The van der Waals surface area contributed by atoms with Crippen LogP contribution >= 0.6 is 0 Å². The van der Waals surface area contributed by atoms with Gasteiger partial charge in [0, 0.05) is 39.5 Å². The quantitative estimate of drug-likeness (QED) is 0.0500. The van der Waals surface area contributed by atoms with Crippen molar-refractivity contribution >= 4 is 34.1 Å². The molecule has 366 valence electrons. The van der Waals surface area contributed by atoms with Crippen molar-refractivity contribution in [3.8, 4) is 11.1 Å². The zero-order valence-corrected chi connectivity index (χ0v) is 44.8. The van der Waals surface area contributed by atoms with Crippen LogP contribution in [0.1, 0.15) is 204 Å². The van der Waals surface area contributed by atoms with Gasteiger partial charge in [0.25, 0.3) is 0 Å². The topological polar surface area (TPSA) is 6.48 Å². The molecule has 1 aliphatic carbocycles. The summed E-state index contributed by atoms with van der Waals surface area (Å²) in [7, 11) is 0. The van der Waals surface area contributed by atoms with Crippen LogP contribution in [0.3, 0.4) is 0 Å². The first-order valence-electron chi connectivity index (χ1n) is 27.6. The molecule has 6 aromatic carbocycles. The van der Waals surface area contributed by atoms with E-state index in [1.54, 1.807) is 0 Å². The van der Waals surface area contributed by atoms with Gasteiger partial charge in [-0.3, -0.25) is 0 Å². The van der Waals surface area contributed by atoms with Crippen molar-refractivity contribution in [1.29, 1.82) is 0 Å². The highest BCUT2D eigenvalue weighted by molar-refractivity contribution is 5.88. The molecule has 0 bridgehead atoms. The summed E-state index contributed by atoms with van der Waals surface area (Å²) in [6, 6.07) is 52.4. The van der Waals surface area contributed by atoms with Gasteiger partial charge in [-0.15, -0.1) is 0 Å². The van der Waals surface area contributed by atoms with Crippen LogP contribution in [0.15, 0.2) is 133 Å². The predicted molar refractivity (Wildman–Crippen MR) is 303 cm³/mol. The second-order valence-corrected chi connectivity index (χ2v) is 22.3. The molecule has 6 aromatic rings. The lowest BCUT2D eigenvalue weighted by molar-refractivity contribution is 0.398. The summed E-state index contributed by atoms with van der Waals surface area (Å²) in [5, 5.41) is 0. The van der Waals surface area contributed by atoms with Crippen molar-refractivity contribution in [2.45, 2.75) is 201 Å². The zero-order valence-electron chi connectivity index (χ0n) is 44.8. The summed E-state index contributed by atoms with van der Waals surface area (Å²) >= 11 is 0. The van der Waals surface area contributed by atoms with E-state index >= 15 is 0 Å². The summed E-state index contributed by atoms with van der Waals surface area (Å²) in [5.41, 5.74) is 18.7. The van der Waals surface area contributed by atoms with Crippen molar-refractivity contribution in [3.63, 3.8) is 0 Å². The van der Waals surface area contributed by atoms with E-state index in [1.807, 2.05) is 0 Å². The molecule has 0 aliphatic heterocycles. The maximum absolute atomic E-state index is 2.63. The highest BCUT2D eigenvalue weighted by Gasteiger charge is 2.43. The maximum atomic E-state index is 2.63. The molecule has 1 aliphatic rings. The van der Waals surface area contributed by atoms with E-state index in [0.29, 0.717) is 0 Å². The van der Waals surface area contributed by atoms with Crippen molar-refractivity contribution < 1.29 is 0 Å². The first kappa shape index (κ1) is 51.8. The molecule has 0 N–H and O–H groups in total. The molecular formula is C67H88N2. The predicted octanol–water partition coefficient (Wildman–Crippen LogP) is 21.2. The Balaban J connectivity index is 1.40. The molecule has 0 spiro atoms. The number of nitrogens with zero attached hydrogens (tertiary/aromatic N) is 2. The Morgan fingerprint density at radius 3 is 0.986 bits per heavy atom. The van der Waals surface area contributed by atoms with Crippen molar-refractivity contribution in [1.82, 2.24) is 0 Å². The number of benzene rings is 6. The van der Waals surface area contributed by atoms with E-state index in [1.165, 1.54) is 194 Å². The molecule has 0 atom stereocenters. The van der Waals surface area contributed by atoms with Gasteiger partial charge in [-0.05, 0) is 157 Å². The fourth-order valence-electron chi connectivity index (χ4n) is 11.8. The number of fused-ring (bicyclic) bond motifs is 3. The van der Waals surface area contributed by atoms with Gasteiger partial charge < -0.3 is 9.80 Å². The van der Waals surface area contributed by atoms with Crippen molar-refractivity contribution in [2.24, 2.45) is 0 Å². The third kappa shape index (κ3) is 12.1. The normalized spacial score (nSPS) is 13.1. The Morgan fingerprint density at radius 1 is 0.348 bits per heavy atom. The third-order valence-electron chi connectivity index (χ3n) is 15.9. The fraction of sp³-hybridized carbons (Fsp3) is 0.463. The van der Waals surface area contributed by atoms with Gasteiger partial charge in [-0.1, -0.05) is 217 Å². The largest absolute Gasteiger partial charge is 0.310 e. The summed E-state index contributed by atoms with van der Waals surface area (Å²) in [6.45, 7) is 23.2. The Kier molecular flexibility index (Phi) is 17.8. The van der Waals surface area contributed by atoms with Gasteiger partial charge in [0.15, 0.2) is 0 Å². The van der Waals surface area contributed by atoms with Gasteiger partial charge >= 0.3 is 0 Å². The van der Waals surface area contributed by atoms with E-state index in [4.69, 9.17) is 0 Å². The second kappa shape index (κ2) is 23.7. The highest BCUT2D eigenvalue weighted by Crippen LogP contribution is 2.57. The lowest BCUT2D eigenvalue weighted by atomic mass is 9.70. The minimum absolute atomic E-state index is 0.105.